The van der Waals surface area contributed by atoms with E-state index in [9.17, 15) is 15.0 Å². The largest absolute Gasteiger partial charge is 0.504 e. The van der Waals surface area contributed by atoms with Crippen molar-refractivity contribution in [3.05, 3.63) is 82.9 Å². The Hall–Kier alpha value is -3.18. The maximum Gasteiger partial charge on any atom is 0.262 e. The van der Waals surface area contributed by atoms with Gasteiger partial charge in [0.05, 0.1) is 22.0 Å². The topological polar surface area (TPSA) is 64.0 Å². The molecule has 0 aliphatic carbocycles. The van der Waals surface area contributed by atoms with Crippen LogP contribution in [0.25, 0.3) is 0 Å². The summed E-state index contributed by atoms with van der Waals surface area (Å²) in [5, 5.41) is 20.1. The Morgan fingerprint density at radius 1 is 0.889 bits per heavy atom. The summed E-state index contributed by atoms with van der Waals surface area (Å²) in [5.41, 5.74) is 2.57. The van der Waals surface area contributed by atoms with Crippen LogP contribution in [0.3, 0.4) is 0 Å². The number of fused-ring (bicyclic) bond motifs is 1. The summed E-state index contributed by atoms with van der Waals surface area (Å²) in [5.74, 6) is -0.645. The average Bonchev–Trinajstić information content (AvgIpc) is 2.67. The molecule has 0 saturated carbocycles. The minimum absolute atomic E-state index is 0.186. The molecule has 0 radical (unpaired) electrons. The van der Waals surface area contributed by atoms with Crippen LogP contribution in [0.4, 0.5) is 11.4 Å². The molecule has 4 rings (SSSR count). The van der Waals surface area contributed by atoms with Crippen molar-refractivity contribution in [3.8, 4) is 11.5 Å². The van der Waals surface area contributed by atoms with Crippen LogP contribution in [-0.2, 0) is 0 Å². The second-order valence-corrected chi connectivity index (χ2v) is 6.78. The maximum absolute atomic E-state index is 13.4. The number of hydrogen-bond acceptors (Lipinski definition) is 4. The molecule has 0 saturated heterocycles. The number of phenolic OH excluding ortho intramolecular Hbond substituents is 2. The number of carbonyl (C=O) groups excluding carboxylic acids is 1. The monoisotopic (exact) mass is 380 g/mol. The van der Waals surface area contributed by atoms with E-state index < -0.39 is 6.17 Å². The molecule has 1 heterocycles. The Labute approximate surface area is 161 Å². The highest BCUT2D eigenvalue weighted by molar-refractivity contribution is 6.34. The molecule has 0 aromatic heterocycles. The Kier molecular flexibility index (Phi) is 4.16. The number of anilines is 2. The molecule has 1 aliphatic heterocycles. The molecule has 3 aromatic carbocycles. The summed E-state index contributed by atoms with van der Waals surface area (Å²) in [4.78, 5) is 16.9. The molecule has 1 atom stereocenters. The lowest BCUT2D eigenvalue weighted by atomic mass is 10.0. The normalized spacial score (nSPS) is 16.4. The van der Waals surface area contributed by atoms with E-state index >= 15 is 0 Å². The van der Waals surface area contributed by atoms with Gasteiger partial charge < -0.3 is 15.1 Å². The van der Waals surface area contributed by atoms with Crippen molar-refractivity contribution in [1.29, 1.82) is 0 Å². The zero-order valence-electron chi connectivity index (χ0n) is 14.5. The molecule has 27 heavy (non-hydrogen) atoms. The van der Waals surface area contributed by atoms with Crippen molar-refractivity contribution in [2.75, 3.05) is 16.8 Å². The van der Waals surface area contributed by atoms with Gasteiger partial charge in [0.15, 0.2) is 11.5 Å². The number of hydrogen-bond donors (Lipinski definition) is 2. The summed E-state index contributed by atoms with van der Waals surface area (Å²) in [6, 6.07) is 19.1. The third-order valence-electron chi connectivity index (χ3n) is 4.75. The van der Waals surface area contributed by atoms with Crippen LogP contribution in [0, 0.1) is 0 Å². The summed E-state index contributed by atoms with van der Waals surface area (Å²) in [7, 11) is 1.88. The van der Waals surface area contributed by atoms with Crippen LogP contribution < -0.4 is 9.80 Å². The highest BCUT2D eigenvalue weighted by Gasteiger charge is 2.38. The number of para-hydroxylation sites is 2. The molecule has 1 unspecified atom stereocenters. The molecule has 1 aliphatic rings. The quantitative estimate of drug-likeness (QED) is 0.640. The zero-order chi connectivity index (χ0) is 19.1. The van der Waals surface area contributed by atoms with Crippen molar-refractivity contribution >= 4 is 28.9 Å². The molecular weight excluding hydrogens is 364 g/mol. The van der Waals surface area contributed by atoms with E-state index in [0.717, 1.165) is 5.69 Å². The van der Waals surface area contributed by atoms with Gasteiger partial charge in [0, 0.05) is 7.05 Å². The minimum Gasteiger partial charge on any atom is -0.504 e. The first-order chi connectivity index (χ1) is 13.0. The van der Waals surface area contributed by atoms with Gasteiger partial charge in [-0.2, -0.15) is 0 Å². The molecule has 6 heteroatoms. The summed E-state index contributed by atoms with van der Waals surface area (Å²) in [6.07, 6.45) is -0.543. The maximum atomic E-state index is 13.4. The Morgan fingerprint density at radius 3 is 2.26 bits per heavy atom. The van der Waals surface area contributed by atoms with Gasteiger partial charge in [-0.25, -0.2) is 0 Å². The van der Waals surface area contributed by atoms with Crippen LogP contribution >= 0.6 is 11.6 Å². The summed E-state index contributed by atoms with van der Waals surface area (Å²) >= 11 is 6.41. The first-order valence-electron chi connectivity index (χ1n) is 8.41. The van der Waals surface area contributed by atoms with Crippen molar-refractivity contribution in [2.45, 2.75) is 6.17 Å². The number of nitrogens with zero attached hydrogens (tertiary/aromatic N) is 2. The van der Waals surface area contributed by atoms with E-state index in [4.69, 9.17) is 11.6 Å². The molecule has 0 bridgehead atoms. The predicted octanol–water partition coefficient (Wildman–Crippen LogP) is 4.55. The van der Waals surface area contributed by atoms with Gasteiger partial charge in [-0.05, 0) is 42.0 Å². The smallest absolute Gasteiger partial charge is 0.262 e. The van der Waals surface area contributed by atoms with Gasteiger partial charge in [-0.15, -0.1) is 0 Å². The lowest BCUT2D eigenvalue weighted by Crippen LogP contribution is -2.48. The van der Waals surface area contributed by atoms with Gasteiger partial charge >= 0.3 is 0 Å². The zero-order valence-corrected chi connectivity index (χ0v) is 15.3. The van der Waals surface area contributed by atoms with E-state index in [1.54, 1.807) is 35.2 Å². The third kappa shape index (κ3) is 2.76. The van der Waals surface area contributed by atoms with Crippen LogP contribution in [0.15, 0.2) is 66.7 Å². The number of carbonyl (C=O) groups is 1. The number of benzene rings is 3. The predicted molar refractivity (Wildman–Crippen MR) is 106 cm³/mol. The number of aromatic hydroxyl groups is 2. The third-order valence-corrected chi connectivity index (χ3v) is 5.07. The van der Waals surface area contributed by atoms with Crippen molar-refractivity contribution < 1.29 is 15.0 Å². The fraction of sp³-hybridized carbons (Fsp3) is 0.0952. The van der Waals surface area contributed by atoms with Crippen molar-refractivity contribution in [2.24, 2.45) is 0 Å². The second kappa shape index (κ2) is 6.52. The minimum atomic E-state index is -0.543. The first-order valence-corrected chi connectivity index (χ1v) is 8.78. The molecule has 3 aromatic rings. The summed E-state index contributed by atoms with van der Waals surface area (Å²) < 4.78 is 0. The second-order valence-electron chi connectivity index (χ2n) is 6.38. The summed E-state index contributed by atoms with van der Waals surface area (Å²) in [6.45, 7) is 0. The van der Waals surface area contributed by atoms with E-state index in [-0.39, 0.29) is 17.4 Å². The van der Waals surface area contributed by atoms with Gasteiger partial charge in [-0.3, -0.25) is 9.69 Å². The molecule has 0 fully saturated rings. The van der Waals surface area contributed by atoms with Gasteiger partial charge in [0.1, 0.15) is 6.17 Å². The van der Waals surface area contributed by atoms with E-state index in [0.29, 0.717) is 21.8 Å². The van der Waals surface area contributed by atoms with Gasteiger partial charge in [-0.1, -0.05) is 41.9 Å². The lowest BCUT2D eigenvalue weighted by molar-refractivity contribution is 0.0969. The van der Waals surface area contributed by atoms with Gasteiger partial charge in [0.25, 0.3) is 5.91 Å². The SMILES string of the molecule is CN1c2ccccc2C(=O)N(c2ccccc2Cl)C1c1ccc(O)c(O)c1. The molecule has 5 nitrogen and oxygen atoms in total. The van der Waals surface area contributed by atoms with E-state index in [2.05, 4.69) is 0 Å². The highest BCUT2D eigenvalue weighted by atomic mass is 35.5. The van der Waals surface area contributed by atoms with Crippen LogP contribution in [-0.4, -0.2) is 23.2 Å². The Balaban J connectivity index is 1.96. The molecule has 0 spiro atoms. The fourth-order valence-corrected chi connectivity index (χ4v) is 3.70. The number of halogens is 1. The molecule has 136 valence electrons. The average molecular weight is 381 g/mol. The molecule has 1 amide bonds. The standard InChI is InChI=1S/C21H17ClN2O3/c1-23-16-8-4-2-6-14(16)21(27)24(17-9-5-3-7-15(17)22)20(23)13-10-11-18(25)19(26)12-13/h2-12,20,25-26H,1H3. The highest BCUT2D eigenvalue weighted by Crippen LogP contribution is 2.43. The van der Waals surface area contributed by atoms with Crippen molar-refractivity contribution in [1.82, 2.24) is 0 Å². The van der Waals surface area contributed by atoms with E-state index in [1.807, 2.05) is 36.2 Å². The Morgan fingerprint density at radius 2 is 1.56 bits per heavy atom. The number of amides is 1. The first kappa shape index (κ1) is 17.2. The van der Waals surface area contributed by atoms with Crippen LogP contribution in [0.5, 0.6) is 11.5 Å². The van der Waals surface area contributed by atoms with E-state index in [1.165, 1.54) is 12.1 Å². The van der Waals surface area contributed by atoms with Crippen LogP contribution in [0.1, 0.15) is 22.1 Å². The number of phenols is 2. The molecular formula is C21H17ClN2O3. The van der Waals surface area contributed by atoms with Crippen LogP contribution in [0.2, 0.25) is 5.02 Å². The van der Waals surface area contributed by atoms with Crippen molar-refractivity contribution in [3.63, 3.8) is 0 Å². The fourth-order valence-electron chi connectivity index (χ4n) is 3.47. The Bertz CT molecular complexity index is 1040. The van der Waals surface area contributed by atoms with Gasteiger partial charge in [0.2, 0.25) is 0 Å². The number of rotatable bonds is 2. The molecule has 2 N–H and O–H groups in total. The lowest BCUT2D eigenvalue weighted by Gasteiger charge is -2.44.